The molecule has 4 rings (SSSR count). The van der Waals surface area contributed by atoms with Crippen molar-refractivity contribution in [3.05, 3.63) is 35.5 Å². The smallest absolute Gasteiger partial charge is 0.227 e. The molecule has 1 aromatic heterocycles. The van der Waals surface area contributed by atoms with Crippen LogP contribution in [0.2, 0.25) is 0 Å². The Morgan fingerprint density at radius 3 is 2.55 bits per heavy atom. The van der Waals surface area contributed by atoms with Crippen molar-refractivity contribution in [3.63, 3.8) is 0 Å². The Morgan fingerprint density at radius 2 is 1.82 bits per heavy atom. The Hall–Kier alpha value is -3.10. The van der Waals surface area contributed by atoms with Gasteiger partial charge < -0.3 is 24.2 Å². The molecule has 0 bridgehead atoms. The second-order valence-electron chi connectivity index (χ2n) is 8.92. The van der Waals surface area contributed by atoms with Crippen LogP contribution >= 0.6 is 0 Å². The molecule has 2 aromatic rings. The number of carbonyl (C=O) groups is 2. The molecule has 1 aliphatic heterocycles. The summed E-state index contributed by atoms with van der Waals surface area (Å²) in [6.07, 6.45) is 6.49. The number of aromatic nitrogens is 2. The first-order valence-corrected chi connectivity index (χ1v) is 11.7. The highest BCUT2D eigenvalue weighted by molar-refractivity contribution is 5.76. The van der Waals surface area contributed by atoms with Gasteiger partial charge in [-0.2, -0.15) is 4.98 Å². The van der Waals surface area contributed by atoms with E-state index in [9.17, 15) is 9.59 Å². The van der Waals surface area contributed by atoms with E-state index in [1.54, 1.807) is 11.9 Å². The number of hydrogen-bond donors (Lipinski definition) is 1. The van der Waals surface area contributed by atoms with Gasteiger partial charge in [0.05, 0.1) is 0 Å². The zero-order valence-corrected chi connectivity index (χ0v) is 19.4. The maximum absolute atomic E-state index is 12.7. The van der Waals surface area contributed by atoms with Crippen molar-refractivity contribution in [2.75, 3.05) is 20.3 Å². The number of nitrogens with zero attached hydrogens (tertiary/aromatic N) is 3. The van der Waals surface area contributed by atoms with Gasteiger partial charge in [-0.15, -0.1) is 0 Å². The van der Waals surface area contributed by atoms with Crippen LogP contribution in [0.3, 0.4) is 0 Å². The summed E-state index contributed by atoms with van der Waals surface area (Å²) in [5.74, 6) is 2.27. The highest BCUT2D eigenvalue weighted by atomic mass is 16.6. The number of benzene rings is 1. The fourth-order valence-electron chi connectivity index (χ4n) is 4.58. The SMILES string of the molecule is CC(=O)NC1(c2noc(CCC(=O)N(C)Cc3ccc4c(c3)OCCO4)n2)CCCCCC1. The van der Waals surface area contributed by atoms with Crippen LogP contribution in [0.1, 0.15) is 69.1 Å². The summed E-state index contributed by atoms with van der Waals surface area (Å²) in [7, 11) is 1.77. The Kier molecular flexibility index (Phi) is 7.15. The van der Waals surface area contributed by atoms with Crippen molar-refractivity contribution in [3.8, 4) is 11.5 Å². The first-order chi connectivity index (χ1) is 15.9. The van der Waals surface area contributed by atoms with Crippen LogP contribution in [0.4, 0.5) is 0 Å². The Balaban J connectivity index is 1.35. The second-order valence-corrected chi connectivity index (χ2v) is 8.92. The molecule has 1 aliphatic carbocycles. The number of rotatable bonds is 7. The Labute approximate surface area is 193 Å². The van der Waals surface area contributed by atoms with E-state index in [1.807, 2.05) is 18.2 Å². The van der Waals surface area contributed by atoms with Crippen molar-refractivity contribution in [2.24, 2.45) is 0 Å². The molecule has 0 saturated heterocycles. The highest BCUT2D eigenvalue weighted by Gasteiger charge is 2.38. The van der Waals surface area contributed by atoms with Gasteiger partial charge in [0.1, 0.15) is 18.8 Å². The van der Waals surface area contributed by atoms with Crippen LogP contribution in [0, 0.1) is 0 Å². The molecule has 1 fully saturated rings. The molecule has 0 radical (unpaired) electrons. The molecule has 2 heterocycles. The zero-order valence-electron chi connectivity index (χ0n) is 19.4. The molecule has 2 amide bonds. The number of nitrogens with one attached hydrogen (secondary N) is 1. The zero-order chi connectivity index (χ0) is 23.3. The molecular weight excluding hydrogens is 424 g/mol. The first-order valence-electron chi connectivity index (χ1n) is 11.7. The van der Waals surface area contributed by atoms with E-state index in [-0.39, 0.29) is 18.2 Å². The van der Waals surface area contributed by atoms with Gasteiger partial charge in [-0.1, -0.05) is 36.9 Å². The molecule has 33 heavy (non-hydrogen) atoms. The third-order valence-corrected chi connectivity index (χ3v) is 6.27. The summed E-state index contributed by atoms with van der Waals surface area (Å²) < 4.78 is 16.6. The minimum atomic E-state index is -0.580. The van der Waals surface area contributed by atoms with Gasteiger partial charge in [0.2, 0.25) is 17.7 Å². The van der Waals surface area contributed by atoms with Gasteiger partial charge in [-0.05, 0) is 30.5 Å². The van der Waals surface area contributed by atoms with Crippen LogP contribution in [0.5, 0.6) is 11.5 Å². The molecule has 1 saturated carbocycles. The van der Waals surface area contributed by atoms with Crippen molar-refractivity contribution in [2.45, 2.75) is 70.4 Å². The molecule has 0 atom stereocenters. The summed E-state index contributed by atoms with van der Waals surface area (Å²) in [5.41, 5.74) is 0.393. The molecule has 9 heteroatoms. The van der Waals surface area contributed by atoms with E-state index in [4.69, 9.17) is 14.0 Å². The minimum absolute atomic E-state index is 0.0179. The average Bonchev–Trinajstić information content (AvgIpc) is 3.17. The van der Waals surface area contributed by atoms with Crippen LogP contribution in [-0.2, 0) is 28.1 Å². The molecule has 178 valence electrons. The lowest BCUT2D eigenvalue weighted by atomic mass is 9.89. The van der Waals surface area contributed by atoms with Gasteiger partial charge in [0.15, 0.2) is 17.3 Å². The quantitative estimate of drug-likeness (QED) is 0.638. The van der Waals surface area contributed by atoms with E-state index >= 15 is 0 Å². The van der Waals surface area contributed by atoms with Crippen molar-refractivity contribution >= 4 is 11.8 Å². The van der Waals surface area contributed by atoms with Crippen LogP contribution in [0.15, 0.2) is 22.7 Å². The third-order valence-electron chi connectivity index (χ3n) is 6.27. The predicted molar refractivity (Wildman–Crippen MR) is 120 cm³/mol. The van der Waals surface area contributed by atoms with E-state index in [2.05, 4.69) is 15.5 Å². The standard InChI is InChI=1S/C24H32N4O5/c1-17(29)26-24(11-5-3-4-6-12-24)23-25-21(33-27-23)9-10-22(30)28(2)16-18-7-8-19-20(15-18)32-14-13-31-19/h7-8,15H,3-6,9-14,16H2,1-2H3,(H,26,29). The summed E-state index contributed by atoms with van der Waals surface area (Å²) in [4.78, 5) is 30.8. The number of carbonyl (C=O) groups excluding carboxylic acids is 2. The summed E-state index contributed by atoms with van der Waals surface area (Å²) in [6, 6.07) is 5.73. The molecule has 9 nitrogen and oxygen atoms in total. The lowest BCUT2D eigenvalue weighted by molar-refractivity contribution is -0.130. The second kappa shape index (κ2) is 10.2. The maximum Gasteiger partial charge on any atom is 0.227 e. The van der Waals surface area contributed by atoms with Crippen LogP contribution in [0.25, 0.3) is 0 Å². The van der Waals surface area contributed by atoms with Gasteiger partial charge in [-0.3, -0.25) is 9.59 Å². The fourth-order valence-corrected chi connectivity index (χ4v) is 4.58. The van der Waals surface area contributed by atoms with E-state index in [1.165, 1.54) is 6.92 Å². The molecule has 2 aliphatic rings. The molecule has 1 aromatic carbocycles. The summed E-state index contributed by atoms with van der Waals surface area (Å²) in [5, 5.41) is 7.27. The highest BCUT2D eigenvalue weighted by Crippen LogP contribution is 2.35. The normalized spacial score (nSPS) is 17.2. The Bertz CT molecular complexity index is 981. The number of ether oxygens (including phenoxy) is 2. The van der Waals surface area contributed by atoms with Crippen molar-refractivity contribution < 1.29 is 23.6 Å². The first kappa shape index (κ1) is 23.1. The summed E-state index contributed by atoms with van der Waals surface area (Å²) in [6.45, 7) is 3.06. The van der Waals surface area contributed by atoms with Gasteiger partial charge in [0.25, 0.3) is 0 Å². The van der Waals surface area contributed by atoms with E-state index in [0.717, 1.165) is 49.8 Å². The fraction of sp³-hybridized carbons (Fsp3) is 0.583. The lowest BCUT2D eigenvalue weighted by Crippen LogP contribution is -2.45. The van der Waals surface area contributed by atoms with Gasteiger partial charge >= 0.3 is 0 Å². The molecule has 0 unspecified atom stereocenters. The number of hydrogen-bond acceptors (Lipinski definition) is 7. The monoisotopic (exact) mass is 456 g/mol. The van der Waals surface area contributed by atoms with Gasteiger partial charge in [-0.25, -0.2) is 0 Å². The third kappa shape index (κ3) is 5.64. The minimum Gasteiger partial charge on any atom is -0.486 e. The molecular formula is C24H32N4O5. The maximum atomic E-state index is 12.7. The number of aryl methyl sites for hydroxylation is 1. The number of amides is 2. The summed E-state index contributed by atoms with van der Waals surface area (Å²) >= 11 is 0. The van der Waals surface area contributed by atoms with Crippen molar-refractivity contribution in [1.29, 1.82) is 0 Å². The van der Waals surface area contributed by atoms with Crippen LogP contribution in [-0.4, -0.2) is 47.1 Å². The molecule has 0 spiro atoms. The predicted octanol–water partition coefficient (Wildman–Crippen LogP) is 3.12. The van der Waals surface area contributed by atoms with Gasteiger partial charge in [0, 0.05) is 33.4 Å². The largest absolute Gasteiger partial charge is 0.486 e. The number of fused-ring (bicyclic) bond motifs is 1. The van der Waals surface area contributed by atoms with E-state index < -0.39 is 5.54 Å². The average molecular weight is 457 g/mol. The lowest BCUT2D eigenvalue weighted by Gasteiger charge is -2.30. The van der Waals surface area contributed by atoms with Crippen LogP contribution < -0.4 is 14.8 Å². The van der Waals surface area contributed by atoms with Crippen molar-refractivity contribution in [1.82, 2.24) is 20.4 Å². The van der Waals surface area contributed by atoms with E-state index in [0.29, 0.717) is 43.6 Å². The Morgan fingerprint density at radius 1 is 1.09 bits per heavy atom. The molecule has 1 N–H and O–H groups in total. The topological polar surface area (TPSA) is 107 Å².